The third-order valence-electron chi connectivity index (χ3n) is 2.65. The second-order valence-corrected chi connectivity index (χ2v) is 4.26. The lowest BCUT2D eigenvalue weighted by molar-refractivity contribution is -0.385. The minimum absolute atomic E-state index is 0.00773. The van der Waals surface area contributed by atoms with Crippen LogP contribution >= 0.6 is 0 Å². The summed E-state index contributed by atoms with van der Waals surface area (Å²) in [5.41, 5.74) is 0.320. The highest BCUT2D eigenvalue weighted by Crippen LogP contribution is 2.23. The number of nitro benzene ring substituents is 1. The van der Waals surface area contributed by atoms with Gasteiger partial charge in [0, 0.05) is 32.9 Å². The number of carbonyl (C=O) groups is 2. The fraction of sp³-hybridized carbons (Fsp3) is 0.333. The Morgan fingerprint density at radius 2 is 2.00 bits per heavy atom. The topological polar surface area (TPSA) is 83.8 Å². The summed E-state index contributed by atoms with van der Waals surface area (Å²) in [7, 11) is 4.96. The van der Waals surface area contributed by atoms with E-state index < -0.39 is 4.92 Å². The van der Waals surface area contributed by atoms with E-state index in [1.807, 2.05) is 0 Å². The van der Waals surface area contributed by atoms with Crippen molar-refractivity contribution < 1.29 is 14.5 Å². The summed E-state index contributed by atoms with van der Waals surface area (Å²) in [6.45, 7) is 0.128. The predicted octanol–water partition coefficient (Wildman–Crippen LogP) is 0.932. The van der Waals surface area contributed by atoms with E-state index in [9.17, 15) is 19.7 Å². The van der Waals surface area contributed by atoms with E-state index in [2.05, 4.69) is 0 Å². The van der Waals surface area contributed by atoms with Crippen LogP contribution in [0.2, 0.25) is 0 Å². The third-order valence-corrected chi connectivity index (χ3v) is 2.65. The van der Waals surface area contributed by atoms with Crippen LogP contribution in [0.5, 0.6) is 0 Å². The Morgan fingerprint density at radius 1 is 1.37 bits per heavy atom. The molecule has 0 atom stereocenters. The van der Waals surface area contributed by atoms with Crippen molar-refractivity contribution >= 4 is 23.6 Å². The van der Waals surface area contributed by atoms with Gasteiger partial charge in [-0.15, -0.1) is 0 Å². The molecule has 0 aromatic heterocycles. The van der Waals surface area contributed by atoms with Crippen LogP contribution < -0.4 is 4.90 Å². The lowest BCUT2D eigenvalue weighted by Gasteiger charge is -2.21. The SMILES string of the molecule is CN(C)C(=O)CN(C)c1ccc([N+](=O)[O-])c(C=O)c1. The zero-order valence-corrected chi connectivity index (χ0v) is 11.0. The molecule has 0 saturated heterocycles. The highest BCUT2D eigenvalue weighted by Gasteiger charge is 2.16. The van der Waals surface area contributed by atoms with Gasteiger partial charge in [-0.1, -0.05) is 0 Å². The van der Waals surface area contributed by atoms with E-state index >= 15 is 0 Å². The molecule has 0 fully saturated rings. The number of anilines is 1. The molecule has 0 heterocycles. The molecule has 0 aliphatic heterocycles. The van der Waals surface area contributed by atoms with Crippen LogP contribution in [0.1, 0.15) is 10.4 Å². The standard InChI is InChI=1S/C12H15N3O4/c1-13(2)12(17)7-14(3)10-4-5-11(15(18)19)9(6-10)8-16/h4-6,8H,7H2,1-3H3. The monoisotopic (exact) mass is 265 g/mol. The minimum Gasteiger partial charge on any atom is -0.365 e. The normalized spacial score (nSPS) is 9.84. The van der Waals surface area contributed by atoms with Crippen molar-refractivity contribution in [1.29, 1.82) is 0 Å². The summed E-state index contributed by atoms with van der Waals surface area (Å²) in [5, 5.41) is 10.7. The number of aldehydes is 1. The molecule has 0 aliphatic carbocycles. The fourth-order valence-electron chi connectivity index (χ4n) is 1.48. The smallest absolute Gasteiger partial charge is 0.280 e. The van der Waals surface area contributed by atoms with Crippen LogP contribution in [-0.4, -0.2) is 49.7 Å². The van der Waals surface area contributed by atoms with Gasteiger partial charge < -0.3 is 9.80 Å². The van der Waals surface area contributed by atoms with Gasteiger partial charge in [0.25, 0.3) is 5.69 Å². The fourth-order valence-corrected chi connectivity index (χ4v) is 1.48. The Kier molecular flexibility index (Phi) is 4.57. The highest BCUT2D eigenvalue weighted by atomic mass is 16.6. The maximum absolute atomic E-state index is 11.6. The first kappa shape index (κ1) is 14.6. The Balaban J connectivity index is 2.99. The van der Waals surface area contributed by atoms with Gasteiger partial charge in [-0.2, -0.15) is 0 Å². The molecule has 0 N–H and O–H groups in total. The van der Waals surface area contributed by atoms with Crippen molar-refractivity contribution in [2.45, 2.75) is 0 Å². The summed E-state index contributed by atoms with van der Waals surface area (Å²) in [5.74, 6) is -0.103. The van der Waals surface area contributed by atoms with Gasteiger partial charge in [-0.25, -0.2) is 0 Å². The molecule has 0 radical (unpaired) electrons. The van der Waals surface area contributed by atoms with Crippen molar-refractivity contribution in [3.63, 3.8) is 0 Å². The number of nitrogens with zero attached hydrogens (tertiary/aromatic N) is 3. The molecule has 7 heteroatoms. The highest BCUT2D eigenvalue weighted by molar-refractivity contribution is 5.85. The average molecular weight is 265 g/mol. The summed E-state index contributed by atoms with van der Waals surface area (Å²) in [6, 6.07) is 4.16. The Bertz CT molecular complexity index is 514. The number of likely N-dealkylation sites (N-methyl/N-ethyl adjacent to an activating group) is 2. The largest absolute Gasteiger partial charge is 0.365 e. The molecular weight excluding hydrogens is 250 g/mol. The molecule has 0 spiro atoms. The number of benzene rings is 1. The molecule has 1 aromatic rings. The van der Waals surface area contributed by atoms with Crippen LogP contribution in [0.3, 0.4) is 0 Å². The quantitative estimate of drug-likeness (QED) is 0.449. The van der Waals surface area contributed by atoms with E-state index in [0.717, 1.165) is 0 Å². The van der Waals surface area contributed by atoms with Crippen LogP contribution in [0.4, 0.5) is 11.4 Å². The zero-order chi connectivity index (χ0) is 14.6. The molecule has 0 unspecified atom stereocenters. The van der Waals surface area contributed by atoms with Crippen molar-refractivity contribution in [2.75, 3.05) is 32.6 Å². The van der Waals surface area contributed by atoms with Crippen LogP contribution in [0.15, 0.2) is 18.2 Å². The first-order valence-corrected chi connectivity index (χ1v) is 5.51. The van der Waals surface area contributed by atoms with E-state index in [1.165, 1.54) is 23.1 Å². The maximum Gasteiger partial charge on any atom is 0.280 e. The molecule has 0 saturated carbocycles. The number of amides is 1. The molecule has 19 heavy (non-hydrogen) atoms. The van der Waals surface area contributed by atoms with Gasteiger partial charge >= 0.3 is 0 Å². The molecule has 7 nitrogen and oxygen atoms in total. The van der Waals surface area contributed by atoms with E-state index in [-0.39, 0.29) is 23.7 Å². The third kappa shape index (κ3) is 3.51. The van der Waals surface area contributed by atoms with Crippen molar-refractivity contribution in [3.8, 4) is 0 Å². The van der Waals surface area contributed by atoms with Crippen molar-refractivity contribution in [1.82, 2.24) is 4.90 Å². The van der Waals surface area contributed by atoms with Gasteiger partial charge in [0.15, 0.2) is 6.29 Å². The lowest BCUT2D eigenvalue weighted by atomic mass is 10.1. The lowest BCUT2D eigenvalue weighted by Crippen LogP contribution is -2.34. The average Bonchev–Trinajstić information content (AvgIpc) is 2.37. The summed E-state index contributed by atoms with van der Waals surface area (Å²) in [4.78, 5) is 35.6. The zero-order valence-electron chi connectivity index (χ0n) is 11.0. The molecule has 102 valence electrons. The maximum atomic E-state index is 11.6. The second-order valence-electron chi connectivity index (χ2n) is 4.26. The van der Waals surface area contributed by atoms with Gasteiger partial charge in [0.2, 0.25) is 5.91 Å². The predicted molar refractivity (Wildman–Crippen MR) is 70.4 cm³/mol. The number of nitro groups is 1. The van der Waals surface area contributed by atoms with Crippen LogP contribution in [0, 0.1) is 10.1 Å². The van der Waals surface area contributed by atoms with Crippen LogP contribution in [0.25, 0.3) is 0 Å². The van der Waals surface area contributed by atoms with Crippen molar-refractivity contribution in [2.24, 2.45) is 0 Å². The van der Waals surface area contributed by atoms with E-state index in [4.69, 9.17) is 0 Å². The molecular formula is C12H15N3O4. The van der Waals surface area contributed by atoms with E-state index in [0.29, 0.717) is 12.0 Å². The Labute approximate surface area is 110 Å². The molecule has 1 amide bonds. The molecule has 1 rings (SSSR count). The van der Waals surface area contributed by atoms with Gasteiger partial charge in [-0.05, 0) is 12.1 Å². The summed E-state index contributed by atoms with van der Waals surface area (Å²) >= 11 is 0. The van der Waals surface area contributed by atoms with Crippen LogP contribution in [-0.2, 0) is 4.79 Å². The first-order valence-electron chi connectivity index (χ1n) is 5.51. The molecule has 0 bridgehead atoms. The second kappa shape index (κ2) is 5.94. The minimum atomic E-state index is -0.613. The van der Waals surface area contributed by atoms with Crippen molar-refractivity contribution in [3.05, 3.63) is 33.9 Å². The number of hydrogen-bond donors (Lipinski definition) is 0. The molecule has 0 aliphatic rings. The van der Waals surface area contributed by atoms with Gasteiger partial charge in [0.05, 0.1) is 17.0 Å². The van der Waals surface area contributed by atoms with Gasteiger partial charge in [0.1, 0.15) is 0 Å². The Morgan fingerprint density at radius 3 is 2.47 bits per heavy atom. The Hall–Kier alpha value is -2.44. The summed E-state index contributed by atoms with van der Waals surface area (Å²) < 4.78 is 0. The molecule has 1 aromatic carbocycles. The number of rotatable bonds is 5. The van der Waals surface area contributed by atoms with Gasteiger partial charge in [-0.3, -0.25) is 19.7 Å². The van der Waals surface area contributed by atoms with E-state index in [1.54, 1.807) is 26.0 Å². The first-order chi connectivity index (χ1) is 8.86. The summed E-state index contributed by atoms with van der Waals surface area (Å²) in [6.07, 6.45) is 0.434. The number of hydrogen-bond acceptors (Lipinski definition) is 5. The number of carbonyl (C=O) groups excluding carboxylic acids is 2.